The van der Waals surface area contributed by atoms with Crippen LogP contribution in [0.4, 0.5) is 0 Å². The maximum atomic E-state index is 12.6. The summed E-state index contributed by atoms with van der Waals surface area (Å²) in [6.07, 6.45) is 2.36. The number of aromatic nitrogens is 3. The summed E-state index contributed by atoms with van der Waals surface area (Å²) in [4.78, 5) is 4.43. The van der Waals surface area contributed by atoms with Gasteiger partial charge in [0, 0.05) is 31.2 Å². The van der Waals surface area contributed by atoms with Gasteiger partial charge in [-0.25, -0.2) is 18.1 Å². The van der Waals surface area contributed by atoms with E-state index in [-0.39, 0.29) is 23.3 Å². The predicted octanol–water partition coefficient (Wildman–Crippen LogP) is 0.975. The molecular formula is C14H22ClN5O2S. The number of rotatable bonds is 3. The third-order valence-corrected chi connectivity index (χ3v) is 5.74. The van der Waals surface area contributed by atoms with Gasteiger partial charge in [-0.1, -0.05) is 6.92 Å². The Labute approximate surface area is 142 Å². The van der Waals surface area contributed by atoms with E-state index in [0.717, 1.165) is 24.0 Å². The molecule has 0 spiro atoms. The van der Waals surface area contributed by atoms with E-state index in [0.29, 0.717) is 18.1 Å². The van der Waals surface area contributed by atoms with E-state index >= 15 is 0 Å². The van der Waals surface area contributed by atoms with E-state index in [2.05, 4.69) is 27.0 Å². The average molecular weight is 360 g/mol. The Morgan fingerprint density at radius 2 is 2.17 bits per heavy atom. The monoisotopic (exact) mass is 359 g/mol. The Kier molecular flexibility index (Phi) is 5.30. The van der Waals surface area contributed by atoms with Gasteiger partial charge in [-0.3, -0.25) is 4.68 Å². The summed E-state index contributed by atoms with van der Waals surface area (Å²) in [6.45, 7) is 5.51. The number of nitrogens with zero attached hydrogens (tertiary/aromatic N) is 3. The Bertz CT molecular complexity index is 805. The maximum Gasteiger partial charge on any atom is 0.242 e. The number of fused-ring (bicyclic) bond motifs is 1. The van der Waals surface area contributed by atoms with Crippen molar-refractivity contribution in [3.63, 3.8) is 0 Å². The Balaban J connectivity index is 0.00000192. The maximum absolute atomic E-state index is 12.6. The van der Waals surface area contributed by atoms with Crippen LogP contribution < -0.4 is 10.0 Å². The van der Waals surface area contributed by atoms with Crippen LogP contribution in [-0.2, 0) is 17.1 Å². The molecule has 0 aromatic carbocycles. The van der Waals surface area contributed by atoms with Gasteiger partial charge in [0.1, 0.15) is 4.90 Å². The molecule has 0 bridgehead atoms. The molecule has 7 nitrogen and oxygen atoms in total. The molecule has 1 fully saturated rings. The minimum absolute atomic E-state index is 0. The van der Waals surface area contributed by atoms with Crippen LogP contribution in [0.5, 0.6) is 0 Å². The molecule has 0 saturated carbocycles. The van der Waals surface area contributed by atoms with Gasteiger partial charge in [0.15, 0.2) is 5.65 Å². The van der Waals surface area contributed by atoms with Crippen LogP contribution in [-0.4, -0.2) is 42.3 Å². The summed E-state index contributed by atoms with van der Waals surface area (Å²) in [5.41, 5.74) is 1.46. The van der Waals surface area contributed by atoms with Crippen molar-refractivity contribution in [3.05, 3.63) is 18.0 Å². The standard InChI is InChI=1S/C14H21N5O2S.ClH/c1-9-4-5-15-8-13(9)18-22(20,21)11-6-12-10(2)17-19(3)14(12)16-7-11;/h6-7,9,13,15,18H,4-5,8H2,1-3H3;1H. The first-order chi connectivity index (χ1) is 10.4. The quantitative estimate of drug-likeness (QED) is 0.852. The number of nitrogens with one attached hydrogen (secondary N) is 2. The minimum atomic E-state index is -3.58. The number of piperidine rings is 1. The van der Waals surface area contributed by atoms with E-state index in [1.54, 1.807) is 17.8 Å². The van der Waals surface area contributed by atoms with Crippen LogP contribution in [0.1, 0.15) is 19.0 Å². The minimum Gasteiger partial charge on any atom is -0.315 e. The van der Waals surface area contributed by atoms with Crippen molar-refractivity contribution >= 4 is 33.5 Å². The summed E-state index contributed by atoms with van der Waals surface area (Å²) in [5.74, 6) is 0.313. The zero-order chi connectivity index (χ0) is 15.9. The zero-order valence-electron chi connectivity index (χ0n) is 13.4. The topological polar surface area (TPSA) is 88.9 Å². The SMILES string of the molecule is Cc1nn(C)c2ncc(S(=O)(=O)NC3CNCCC3C)cc12.Cl. The van der Waals surface area contributed by atoms with E-state index in [1.807, 2.05) is 6.92 Å². The van der Waals surface area contributed by atoms with E-state index in [9.17, 15) is 8.42 Å². The number of hydrogen-bond acceptors (Lipinski definition) is 5. The largest absolute Gasteiger partial charge is 0.315 e. The molecule has 0 radical (unpaired) electrons. The Morgan fingerprint density at radius 1 is 1.43 bits per heavy atom. The van der Waals surface area contributed by atoms with Crippen LogP contribution in [0.3, 0.4) is 0 Å². The third kappa shape index (κ3) is 3.50. The molecule has 2 aromatic heterocycles. The summed E-state index contributed by atoms with van der Waals surface area (Å²) in [7, 11) is -1.79. The first-order valence-corrected chi connectivity index (χ1v) is 8.89. The summed E-state index contributed by atoms with van der Waals surface area (Å²) >= 11 is 0. The van der Waals surface area contributed by atoms with Gasteiger partial charge in [0.25, 0.3) is 0 Å². The molecule has 1 aliphatic rings. The molecule has 0 amide bonds. The molecule has 2 aromatic rings. The lowest BCUT2D eigenvalue weighted by molar-refractivity contribution is 0.327. The smallest absolute Gasteiger partial charge is 0.242 e. The fourth-order valence-corrected chi connectivity index (χ4v) is 4.17. The molecule has 3 heterocycles. The predicted molar refractivity (Wildman–Crippen MR) is 91.3 cm³/mol. The van der Waals surface area contributed by atoms with E-state index in [4.69, 9.17) is 0 Å². The van der Waals surface area contributed by atoms with Crippen LogP contribution in [0.2, 0.25) is 0 Å². The first-order valence-electron chi connectivity index (χ1n) is 7.41. The highest BCUT2D eigenvalue weighted by molar-refractivity contribution is 7.89. The van der Waals surface area contributed by atoms with E-state index in [1.165, 1.54) is 6.20 Å². The Morgan fingerprint density at radius 3 is 2.87 bits per heavy atom. The molecule has 23 heavy (non-hydrogen) atoms. The molecule has 2 N–H and O–H groups in total. The first kappa shape index (κ1) is 18.1. The van der Waals surface area contributed by atoms with Gasteiger partial charge in [-0.2, -0.15) is 5.10 Å². The number of hydrogen-bond donors (Lipinski definition) is 2. The molecule has 2 atom stereocenters. The van der Waals surface area contributed by atoms with Gasteiger partial charge >= 0.3 is 0 Å². The lowest BCUT2D eigenvalue weighted by Crippen LogP contribution is -2.50. The van der Waals surface area contributed by atoms with Gasteiger partial charge in [0.05, 0.1) is 5.69 Å². The van der Waals surface area contributed by atoms with Crippen molar-refractivity contribution in [1.82, 2.24) is 24.8 Å². The normalized spacial score (nSPS) is 22.0. The van der Waals surface area contributed by atoms with Crippen molar-refractivity contribution in [2.24, 2.45) is 13.0 Å². The molecular weight excluding hydrogens is 338 g/mol. The van der Waals surface area contributed by atoms with Gasteiger partial charge in [0.2, 0.25) is 10.0 Å². The van der Waals surface area contributed by atoms with Crippen molar-refractivity contribution in [2.75, 3.05) is 13.1 Å². The van der Waals surface area contributed by atoms with Crippen LogP contribution in [0.25, 0.3) is 11.0 Å². The van der Waals surface area contributed by atoms with Crippen LogP contribution in [0, 0.1) is 12.8 Å². The highest BCUT2D eigenvalue weighted by atomic mass is 35.5. The highest BCUT2D eigenvalue weighted by Crippen LogP contribution is 2.20. The van der Waals surface area contributed by atoms with Crippen molar-refractivity contribution in [1.29, 1.82) is 0 Å². The molecule has 3 rings (SSSR count). The second kappa shape index (κ2) is 6.72. The fourth-order valence-electron chi connectivity index (χ4n) is 2.85. The molecule has 128 valence electrons. The fraction of sp³-hybridized carbons (Fsp3) is 0.571. The van der Waals surface area contributed by atoms with Crippen molar-refractivity contribution in [2.45, 2.75) is 31.2 Å². The third-order valence-electron chi connectivity index (χ3n) is 4.28. The van der Waals surface area contributed by atoms with Crippen molar-refractivity contribution in [3.8, 4) is 0 Å². The lowest BCUT2D eigenvalue weighted by atomic mass is 9.96. The zero-order valence-corrected chi connectivity index (χ0v) is 15.0. The second-order valence-electron chi connectivity index (χ2n) is 5.95. The Hall–Kier alpha value is -1.22. The summed E-state index contributed by atoms with van der Waals surface area (Å²) < 4.78 is 29.7. The highest BCUT2D eigenvalue weighted by Gasteiger charge is 2.27. The van der Waals surface area contributed by atoms with Gasteiger partial charge in [-0.15, -0.1) is 12.4 Å². The van der Waals surface area contributed by atoms with Gasteiger partial charge < -0.3 is 5.32 Å². The number of pyridine rings is 1. The lowest BCUT2D eigenvalue weighted by Gasteiger charge is -2.29. The van der Waals surface area contributed by atoms with Crippen LogP contribution in [0.15, 0.2) is 17.2 Å². The van der Waals surface area contributed by atoms with Crippen molar-refractivity contribution < 1.29 is 8.42 Å². The molecule has 2 unspecified atom stereocenters. The number of halogens is 1. The summed E-state index contributed by atoms with van der Waals surface area (Å²) in [6, 6.07) is 1.55. The number of sulfonamides is 1. The van der Waals surface area contributed by atoms with Gasteiger partial charge in [-0.05, 0) is 31.9 Å². The average Bonchev–Trinajstić information content (AvgIpc) is 2.76. The summed E-state index contributed by atoms with van der Waals surface area (Å²) in [5, 5.41) is 8.26. The number of aryl methyl sites for hydroxylation is 2. The van der Waals surface area contributed by atoms with Crippen LogP contribution >= 0.6 is 12.4 Å². The molecule has 1 aliphatic heterocycles. The molecule has 9 heteroatoms. The second-order valence-corrected chi connectivity index (χ2v) is 7.66. The van der Waals surface area contributed by atoms with E-state index < -0.39 is 10.0 Å². The molecule has 1 saturated heterocycles. The molecule has 0 aliphatic carbocycles.